The number of hydrogen-bond donors (Lipinski definition) is 0. The summed E-state index contributed by atoms with van der Waals surface area (Å²) < 4.78 is 20.2. The van der Waals surface area contributed by atoms with Gasteiger partial charge in [0.15, 0.2) is 11.6 Å². The van der Waals surface area contributed by atoms with Crippen molar-refractivity contribution < 1.29 is 14.2 Å². The molecule has 0 radical (unpaired) electrons. The van der Waals surface area contributed by atoms with Gasteiger partial charge in [0.2, 0.25) is 5.88 Å². The summed E-state index contributed by atoms with van der Waals surface area (Å²) in [4.78, 5) is 8.80. The van der Waals surface area contributed by atoms with Crippen LogP contribution < -0.4 is 9.47 Å². The Kier molecular flexibility index (Phi) is 5.05. The topological polar surface area (TPSA) is 89.1 Å². The molecule has 9 nitrogen and oxygen atoms in total. The van der Waals surface area contributed by atoms with Crippen LogP contribution in [-0.2, 0) is 17.9 Å². The molecule has 0 spiro atoms. The number of pyridine rings is 1. The molecular formula is C23H20N6O3. The standard InChI is InChI=1S/C23H20N6O3/c1-30-13-21-26-27-22-17-11-16(31-2)7-9-19(17)29-14-25-18(20(29)12-28(21)22)8-6-15-5-4-10-24-23(15)32-3/h4-5,7,9-11,14H,12-13H2,1-3H3. The van der Waals surface area contributed by atoms with E-state index in [2.05, 4.69) is 32.0 Å². The minimum Gasteiger partial charge on any atom is -0.497 e. The van der Waals surface area contributed by atoms with Crippen molar-refractivity contribution in [2.45, 2.75) is 13.2 Å². The molecule has 32 heavy (non-hydrogen) atoms. The molecule has 5 rings (SSSR count). The Hall–Kier alpha value is -4.16. The van der Waals surface area contributed by atoms with Crippen LogP contribution in [0.2, 0.25) is 0 Å². The zero-order chi connectivity index (χ0) is 22.1. The zero-order valence-electron chi connectivity index (χ0n) is 17.9. The summed E-state index contributed by atoms with van der Waals surface area (Å²) in [5.41, 5.74) is 4.09. The van der Waals surface area contributed by atoms with Crippen molar-refractivity contribution in [3.05, 3.63) is 65.6 Å². The van der Waals surface area contributed by atoms with Gasteiger partial charge in [-0.3, -0.25) is 4.57 Å². The number of hydrogen-bond acceptors (Lipinski definition) is 7. The molecule has 0 unspecified atom stereocenters. The van der Waals surface area contributed by atoms with Gasteiger partial charge in [0, 0.05) is 18.9 Å². The molecule has 0 bridgehead atoms. The smallest absolute Gasteiger partial charge is 0.229 e. The van der Waals surface area contributed by atoms with E-state index in [1.807, 2.05) is 39.5 Å². The lowest BCUT2D eigenvalue weighted by Crippen LogP contribution is -2.09. The maximum absolute atomic E-state index is 5.45. The molecular weight excluding hydrogens is 408 g/mol. The predicted octanol–water partition coefficient (Wildman–Crippen LogP) is 2.45. The van der Waals surface area contributed by atoms with Crippen LogP contribution in [0.15, 0.2) is 42.9 Å². The second-order valence-electron chi connectivity index (χ2n) is 7.06. The first-order chi connectivity index (χ1) is 15.7. The van der Waals surface area contributed by atoms with E-state index in [-0.39, 0.29) is 0 Å². The molecule has 4 aromatic rings. The van der Waals surface area contributed by atoms with E-state index in [9.17, 15) is 0 Å². The fourth-order valence-corrected chi connectivity index (χ4v) is 3.73. The van der Waals surface area contributed by atoms with Crippen LogP contribution in [0.3, 0.4) is 0 Å². The van der Waals surface area contributed by atoms with Gasteiger partial charge in [-0.15, -0.1) is 10.2 Å². The van der Waals surface area contributed by atoms with E-state index in [4.69, 9.17) is 14.2 Å². The minimum absolute atomic E-state index is 0.342. The number of ether oxygens (including phenoxy) is 3. The monoisotopic (exact) mass is 428 g/mol. The van der Waals surface area contributed by atoms with Crippen molar-refractivity contribution in [3.8, 4) is 40.5 Å². The average molecular weight is 428 g/mol. The Bertz CT molecular complexity index is 1360. The lowest BCUT2D eigenvalue weighted by molar-refractivity contribution is 0.174. The third-order valence-corrected chi connectivity index (χ3v) is 5.26. The Morgan fingerprint density at radius 1 is 1.03 bits per heavy atom. The van der Waals surface area contributed by atoms with Gasteiger partial charge in [-0.1, -0.05) is 5.92 Å². The number of imidazole rings is 1. The van der Waals surface area contributed by atoms with Gasteiger partial charge in [0.1, 0.15) is 24.4 Å². The van der Waals surface area contributed by atoms with Crippen LogP contribution in [-0.4, -0.2) is 50.6 Å². The van der Waals surface area contributed by atoms with Gasteiger partial charge in [-0.2, -0.15) is 0 Å². The summed E-state index contributed by atoms with van der Waals surface area (Å²) in [6.07, 6.45) is 3.45. The molecule has 3 aromatic heterocycles. The molecule has 4 heterocycles. The van der Waals surface area contributed by atoms with Crippen LogP contribution in [0, 0.1) is 11.8 Å². The van der Waals surface area contributed by atoms with Crippen molar-refractivity contribution >= 4 is 0 Å². The number of rotatable bonds is 4. The second-order valence-corrected chi connectivity index (χ2v) is 7.06. The minimum atomic E-state index is 0.342. The average Bonchev–Trinajstić information content (AvgIpc) is 3.38. The van der Waals surface area contributed by atoms with E-state index < -0.39 is 0 Å². The van der Waals surface area contributed by atoms with Crippen LogP contribution >= 0.6 is 0 Å². The summed E-state index contributed by atoms with van der Waals surface area (Å²) in [6.45, 7) is 0.834. The second kappa shape index (κ2) is 8.17. The first-order valence-electron chi connectivity index (χ1n) is 9.90. The van der Waals surface area contributed by atoms with E-state index in [1.165, 1.54) is 0 Å². The third-order valence-electron chi connectivity index (χ3n) is 5.26. The maximum atomic E-state index is 5.45. The first kappa shape index (κ1) is 19.8. The number of benzene rings is 1. The SMILES string of the molecule is COCc1nnc2n1Cc1c(C#Cc3cccnc3OC)ncn1-c1ccc(OC)cc1-2. The van der Waals surface area contributed by atoms with Crippen molar-refractivity contribution in [2.24, 2.45) is 0 Å². The lowest BCUT2D eigenvalue weighted by Gasteiger charge is -2.09. The number of fused-ring (bicyclic) bond motifs is 5. The maximum Gasteiger partial charge on any atom is 0.229 e. The summed E-state index contributed by atoms with van der Waals surface area (Å²) in [5.74, 6) is 9.00. The van der Waals surface area contributed by atoms with Crippen molar-refractivity contribution in [1.29, 1.82) is 0 Å². The molecule has 9 heteroatoms. The molecule has 0 saturated carbocycles. The Labute approximate surface area is 184 Å². The molecule has 0 amide bonds. The van der Waals surface area contributed by atoms with Gasteiger partial charge >= 0.3 is 0 Å². The summed E-state index contributed by atoms with van der Waals surface area (Å²) in [5, 5.41) is 8.79. The molecule has 1 aliphatic rings. The molecule has 0 fully saturated rings. The molecule has 160 valence electrons. The van der Waals surface area contributed by atoms with Crippen molar-refractivity contribution in [2.75, 3.05) is 21.3 Å². The molecule has 1 aromatic carbocycles. The van der Waals surface area contributed by atoms with Crippen LogP contribution in [0.5, 0.6) is 11.6 Å². The summed E-state index contributed by atoms with van der Waals surface area (Å²) in [7, 11) is 4.85. The van der Waals surface area contributed by atoms with Gasteiger partial charge < -0.3 is 18.8 Å². The van der Waals surface area contributed by atoms with E-state index in [0.29, 0.717) is 30.3 Å². The fraction of sp³-hybridized carbons (Fsp3) is 0.217. The van der Waals surface area contributed by atoms with Gasteiger partial charge in [-0.25, -0.2) is 9.97 Å². The highest BCUT2D eigenvalue weighted by Crippen LogP contribution is 2.34. The Morgan fingerprint density at radius 3 is 2.75 bits per heavy atom. The van der Waals surface area contributed by atoms with Crippen LogP contribution in [0.4, 0.5) is 0 Å². The molecule has 0 N–H and O–H groups in total. The van der Waals surface area contributed by atoms with E-state index in [0.717, 1.165) is 34.3 Å². The Morgan fingerprint density at radius 2 is 1.94 bits per heavy atom. The number of nitrogens with zero attached hydrogens (tertiary/aromatic N) is 6. The highest BCUT2D eigenvalue weighted by molar-refractivity contribution is 5.71. The Balaban J connectivity index is 1.68. The fourth-order valence-electron chi connectivity index (χ4n) is 3.73. The summed E-state index contributed by atoms with van der Waals surface area (Å²) >= 11 is 0. The highest BCUT2D eigenvalue weighted by Gasteiger charge is 2.26. The van der Waals surface area contributed by atoms with Crippen molar-refractivity contribution in [1.82, 2.24) is 29.3 Å². The van der Waals surface area contributed by atoms with E-state index >= 15 is 0 Å². The lowest BCUT2D eigenvalue weighted by atomic mass is 10.1. The zero-order valence-corrected chi connectivity index (χ0v) is 17.9. The van der Waals surface area contributed by atoms with Gasteiger partial charge in [0.05, 0.1) is 37.7 Å². The molecule has 0 aliphatic carbocycles. The van der Waals surface area contributed by atoms with Crippen LogP contribution in [0.25, 0.3) is 17.1 Å². The number of aromatic nitrogens is 6. The summed E-state index contributed by atoms with van der Waals surface area (Å²) in [6, 6.07) is 9.54. The predicted molar refractivity (Wildman–Crippen MR) is 116 cm³/mol. The van der Waals surface area contributed by atoms with E-state index in [1.54, 1.807) is 33.9 Å². The largest absolute Gasteiger partial charge is 0.497 e. The molecule has 0 atom stereocenters. The number of methoxy groups -OCH3 is 3. The van der Waals surface area contributed by atoms with Crippen molar-refractivity contribution in [3.63, 3.8) is 0 Å². The molecule has 1 aliphatic heterocycles. The normalized spacial score (nSPS) is 11.5. The van der Waals surface area contributed by atoms with Gasteiger partial charge in [0.25, 0.3) is 0 Å². The first-order valence-corrected chi connectivity index (χ1v) is 9.90. The molecule has 0 saturated heterocycles. The van der Waals surface area contributed by atoms with Crippen LogP contribution in [0.1, 0.15) is 22.8 Å². The quantitative estimate of drug-likeness (QED) is 0.406. The highest BCUT2D eigenvalue weighted by atomic mass is 16.5. The van der Waals surface area contributed by atoms with Gasteiger partial charge in [-0.05, 0) is 36.3 Å². The third kappa shape index (κ3) is 3.27.